The number of nitrogens with one attached hydrogen (secondary N) is 1. The zero-order chi connectivity index (χ0) is 17.5. The molecule has 1 saturated heterocycles. The Bertz CT molecular complexity index is 704. The second-order valence-electron chi connectivity index (χ2n) is 6.34. The summed E-state index contributed by atoms with van der Waals surface area (Å²) in [7, 11) is 0. The van der Waals surface area contributed by atoms with Crippen LogP contribution in [-0.2, 0) is 4.79 Å². The highest BCUT2D eigenvalue weighted by molar-refractivity contribution is 5.91. The fourth-order valence-corrected chi connectivity index (χ4v) is 3.20. The molecule has 0 saturated carbocycles. The molecule has 25 heavy (non-hydrogen) atoms. The Balaban J connectivity index is 1.60. The summed E-state index contributed by atoms with van der Waals surface area (Å²) in [5, 5.41) is 12.3. The lowest BCUT2D eigenvalue weighted by atomic mass is 10.1. The first-order valence-electron chi connectivity index (χ1n) is 8.76. The number of likely N-dealkylation sites (tertiary alicyclic amines) is 1. The summed E-state index contributed by atoms with van der Waals surface area (Å²) < 4.78 is 0. The third kappa shape index (κ3) is 4.94. The molecule has 4 heteroatoms. The van der Waals surface area contributed by atoms with Crippen molar-refractivity contribution in [1.29, 1.82) is 0 Å². The third-order valence-electron chi connectivity index (χ3n) is 4.56. The first-order valence-corrected chi connectivity index (χ1v) is 8.76. The molecule has 1 aliphatic rings. The number of aromatic hydroxyl groups is 1. The molecule has 1 heterocycles. The van der Waals surface area contributed by atoms with Crippen LogP contribution in [0.3, 0.4) is 0 Å². The van der Waals surface area contributed by atoms with Crippen LogP contribution in [0, 0.1) is 0 Å². The summed E-state index contributed by atoms with van der Waals surface area (Å²) in [6, 6.07) is 17.3. The van der Waals surface area contributed by atoms with Gasteiger partial charge in [-0.05, 0) is 55.3 Å². The van der Waals surface area contributed by atoms with Crippen LogP contribution in [0.1, 0.15) is 30.0 Å². The smallest absolute Gasteiger partial charge is 0.244 e. The second-order valence-corrected chi connectivity index (χ2v) is 6.34. The molecule has 0 radical (unpaired) electrons. The largest absolute Gasteiger partial charge is 0.508 e. The van der Waals surface area contributed by atoms with Crippen molar-refractivity contribution in [2.45, 2.75) is 18.9 Å². The van der Waals surface area contributed by atoms with Crippen LogP contribution in [0.5, 0.6) is 5.75 Å². The number of phenols is 1. The van der Waals surface area contributed by atoms with Crippen molar-refractivity contribution in [3.05, 3.63) is 71.8 Å². The number of hydrogen-bond donors (Lipinski definition) is 2. The molecule has 1 aliphatic heterocycles. The number of hydrogen-bond acceptors (Lipinski definition) is 3. The number of carbonyl (C=O) groups is 1. The molecular weight excluding hydrogens is 312 g/mol. The minimum atomic E-state index is -0.104. The van der Waals surface area contributed by atoms with Crippen LogP contribution in [0.15, 0.2) is 60.7 Å². The Morgan fingerprint density at radius 3 is 2.44 bits per heavy atom. The van der Waals surface area contributed by atoms with Crippen molar-refractivity contribution < 1.29 is 9.90 Å². The molecule has 0 aliphatic carbocycles. The average Bonchev–Trinajstić information content (AvgIpc) is 3.17. The number of rotatable bonds is 6. The molecule has 1 atom stereocenters. The minimum Gasteiger partial charge on any atom is -0.508 e. The number of phenolic OH excluding ortho intramolecular Hbond substituents is 1. The maximum Gasteiger partial charge on any atom is 0.244 e. The predicted octanol–water partition coefficient (Wildman–Crippen LogP) is 3.36. The molecule has 1 amide bonds. The number of carbonyl (C=O) groups excluding carboxylic acids is 1. The van der Waals surface area contributed by atoms with Gasteiger partial charge in [0.05, 0.1) is 6.04 Å². The van der Waals surface area contributed by atoms with Crippen LogP contribution in [0.25, 0.3) is 6.08 Å². The van der Waals surface area contributed by atoms with Crippen molar-refractivity contribution in [3.8, 4) is 5.75 Å². The standard InChI is InChI=1S/C21H24N2O2/c24-19-11-8-17(9-12-19)10-13-21(25)22-16-20(23-14-4-5-15-23)18-6-2-1-3-7-18/h1-3,6-13,20,24H,4-5,14-16H2,(H,22,25)/b13-10+. The van der Waals surface area contributed by atoms with Gasteiger partial charge < -0.3 is 10.4 Å². The van der Waals surface area contributed by atoms with E-state index in [1.165, 1.54) is 18.4 Å². The minimum absolute atomic E-state index is 0.104. The summed E-state index contributed by atoms with van der Waals surface area (Å²) >= 11 is 0. The zero-order valence-corrected chi connectivity index (χ0v) is 14.3. The fraction of sp³-hybridized carbons (Fsp3) is 0.286. The van der Waals surface area contributed by atoms with Gasteiger partial charge >= 0.3 is 0 Å². The van der Waals surface area contributed by atoms with Gasteiger partial charge in [0.15, 0.2) is 0 Å². The maximum absolute atomic E-state index is 12.2. The quantitative estimate of drug-likeness (QED) is 0.795. The van der Waals surface area contributed by atoms with Crippen LogP contribution in [-0.4, -0.2) is 35.5 Å². The molecule has 130 valence electrons. The van der Waals surface area contributed by atoms with Gasteiger partial charge in [-0.3, -0.25) is 9.69 Å². The topological polar surface area (TPSA) is 52.6 Å². The average molecular weight is 336 g/mol. The van der Waals surface area contributed by atoms with Crippen LogP contribution < -0.4 is 5.32 Å². The maximum atomic E-state index is 12.2. The van der Waals surface area contributed by atoms with Gasteiger partial charge in [-0.1, -0.05) is 42.5 Å². The van der Waals surface area contributed by atoms with E-state index in [-0.39, 0.29) is 17.7 Å². The molecule has 2 N–H and O–H groups in total. The van der Waals surface area contributed by atoms with E-state index in [4.69, 9.17) is 0 Å². The lowest BCUT2D eigenvalue weighted by Crippen LogP contribution is -2.36. The lowest BCUT2D eigenvalue weighted by Gasteiger charge is -2.28. The normalized spacial score (nSPS) is 16.2. The monoisotopic (exact) mass is 336 g/mol. The first kappa shape index (κ1) is 17.2. The van der Waals surface area contributed by atoms with Crippen molar-refractivity contribution in [3.63, 3.8) is 0 Å². The van der Waals surface area contributed by atoms with Gasteiger partial charge in [-0.2, -0.15) is 0 Å². The van der Waals surface area contributed by atoms with Gasteiger partial charge in [0.1, 0.15) is 5.75 Å². The summed E-state index contributed by atoms with van der Waals surface area (Å²) in [5.74, 6) is 0.117. The summed E-state index contributed by atoms with van der Waals surface area (Å²) in [5.41, 5.74) is 2.12. The molecular formula is C21H24N2O2. The Labute approximate surface area is 148 Å². The highest BCUT2D eigenvalue weighted by Crippen LogP contribution is 2.24. The molecule has 3 rings (SSSR count). The van der Waals surface area contributed by atoms with Gasteiger partial charge in [0.2, 0.25) is 5.91 Å². The van der Waals surface area contributed by atoms with Crippen molar-refractivity contribution in [2.75, 3.05) is 19.6 Å². The van der Waals surface area contributed by atoms with E-state index < -0.39 is 0 Å². The molecule has 0 bridgehead atoms. The van der Waals surface area contributed by atoms with Crippen molar-refractivity contribution >= 4 is 12.0 Å². The van der Waals surface area contributed by atoms with Crippen LogP contribution in [0.4, 0.5) is 0 Å². The molecule has 0 aromatic heterocycles. The van der Waals surface area contributed by atoms with Gasteiger partial charge in [0, 0.05) is 12.6 Å². The Morgan fingerprint density at radius 2 is 1.76 bits per heavy atom. The fourth-order valence-electron chi connectivity index (χ4n) is 3.20. The highest BCUT2D eigenvalue weighted by Gasteiger charge is 2.23. The molecule has 2 aromatic rings. The molecule has 1 fully saturated rings. The molecule has 1 unspecified atom stereocenters. The van der Waals surface area contributed by atoms with Gasteiger partial charge in [-0.15, -0.1) is 0 Å². The second kappa shape index (κ2) is 8.49. The summed E-state index contributed by atoms with van der Waals surface area (Å²) in [6.07, 6.45) is 5.73. The van der Waals surface area contributed by atoms with E-state index in [2.05, 4.69) is 22.3 Å². The third-order valence-corrected chi connectivity index (χ3v) is 4.56. The van der Waals surface area contributed by atoms with Crippen molar-refractivity contribution in [1.82, 2.24) is 10.2 Å². The van der Waals surface area contributed by atoms with E-state index in [1.807, 2.05) is 18.2 Å². The molecule has 0 spiro atoms. The Kier molecular flexibility index (Phi) is 5.86. The molecule has 4 nitrogen and oxygen atoms in total. The van der Waals surface area contributed by atoms with E-state index in [9.17, 15) is 9.90 Å². The van der Waals surface area contributed by atoms with E-state index >= 15 is 0 Å². The van der Waals surface area contributed by atoms with Gasteiger partial charge in [-0.25, -0.2) is 0 Å². The van der Waals surface area contributed by atoms with Crippen LogP contribution >= 0.6 is 0 Å². The highest BCUT2D eigenvalue weighted by atomic mass is 16.3. The SMILES string of the molecule is O=C(/C=C/c1ccc(O)cc1)NCC(c1ccccc1)N1CCCC1. The Hall–Kier alpha value is -2.59. The number of amides is 1. The Morgan fingerprint density at radius 1 is 1.08 bits per heavy atom. The number of nitrogens with zero attached hydrogens (tertiary/aromatic N) is 1. The predicted molar refractivity (Wildman–Crippen MR) is 100 cm³/mol. The zero-order valence-electron chi connectivity index (χ0n) is 14.3. The lowest BCUT2D eigenvalue weighted by molar-refractivity contribution is -0.116. The summed E-state index contributed by atoms with van der Waals surface area (Å²) in [6.45, 7) is 2.76. The first-order chi connectivity index (χ1) is 12.2. The van der Waals surface area contributed by atoms with E-state index in [1.54, 1.807) is 36.4 Å². The van der Waals surface area contributed by atoms with E-state index in [0.717, 1.165) is 18.7 Å². The van der Waals surface area contributed by atoms with Gasteiger partial charge in [0.25, 0.3) is 0 Å². The van der Waals surface area contributed by atoms with Crippen molar-refractivity contribution in [2.24, 2.45) is 0 Å². The molecule has 2 aromatic carbocycles. The number of benzene rings is 2. The van der Waals surface area contributed by atoms with Crippen LogP contribution in [0.2, 0.25) is 0 Å². The van der Waals surface area contributed by atoms with E-state index in [0.29, 0.717) is 6.54 Å². The summed E-state index contributed by atoms with van der Waals surface area (Å²) in [4.78, 5) is 14.6.